The fourth-order valence-corrected chi connectivity index (χ4v) is 2.21. The molecule has 0 aliphatic rings. The van der Waals surface area contributed by atoms with Gasteiger partial charge in [-0.2, -0.15) is 5.10 Å². The first-order chi connectivity index (χ1) is 10.2. The number of carbonyl (C=O) groups is 1. The molecule has 1 amide bonds. The van der Waals surface area contributed by atoms with Gasteiger partial charge in [-0.05, 0) is 11.6 Å². The topological polar surface area (TPSA) is 50.7 Å². The van der Waals surface area contributed by atoms with Crippen molar-refractivity contribution in [3.05, 3.63) is 70.2 Å². The lowest BCUT2D eigenvalue weighted by atomic mass is 10.1. The highest BCUT2D eigenvalue weighted by atomic mass is 79.9. The van der Waals surface area contributed by atoms with Crippen LogP contribution in [0, 0.1) is 0 Å². The summed E-state index contributed by atoms with van der Waals surface area (Å²) in [5.74, 6) is -0.313. The largest absolute Gasteiger partial charge is 0.367 e. The number of hydrazone groups is 1. The van der Waals surface area contributed by atoms with Gasteiger partial charge in [0.1, 0.15) is 0 Å². The van der Waals surface area contributed by atoms with Crippen LogP contribution < -0.4 is 5.43 Å². The van der Waals surface area contributed by atoms with Crippen molar-refractivity contribution in [3.63, 3.8) is 0 Å². The molecule has 2 aromatic rings. The molecule has 5 heteroatoms. The molecule has 0 heterocycles. The lowest BCUT2D eigenvalue weighted by Crippen LogP contribution is -2.26. The van der Waals surface area contributed by atoms with Crippen LogP contribution in [0.15, 0.2) is 64.2 Å². The average molecular weight is 347 g/mol. The van der Waals surface area contributed by atoms with E-state index < -0.39 is 6.10 Å². The lowest BCUT2D eigenvalue weighted by molar-refractivity contribution is -0.131. The molecule has 4 nitrogen and oxygen atoms in total. The number of nitrogens with one attached hydrogen (secondary N) is 1. The number of halogens is 1. The Labute approximate surface area is 132 Å². The van der Waals surface area contributed by atoms with Gasteiger partial charge in [0.15, 0.2) is 6.10 Å². The van der Waals surface area contributed by atoms with E-state index in [4.69, 9.17) is 4.74 Å². The van der Waals surface area contributed by atoms with Gasteiger partial charge in [0.25, 0.3) is 5.91 Å². The second-order valence-corrected chi connectivity index (χ2v) is 5.14. The molecular formula is C16H15BrN2O2. The maximum atomic E-state index is 12.1. The third-order valence-corrected chi connectivity index (χ3v) is 3.58. The van der Waals surface area contributed by atoms with Crippen molar-refractivity contribution in [3.8, 4) is 0 Å². The van der Waals surface area contributed by atoms with E-state index in [0.717, 1.165) is 15.6 Å². The zero-order chi connectivity index (χ0) is 15.1. The maximum Gasteiger partial charge on any atom is 0.273 e. The van der Waals surface area contributed by atoms with Gasteiger partial charge in [0.2, 0.25) is 0 Å². The van der Waals surface area contributed by atoms with E-state index in [1.54, 1.807) is 6.21 Å². The predicted octanol–water partition coefficient (Wildman–Crippen LogP) is 3.29. The molecule has 108 valence electrons. The summed E-state index contributed by atoms with van der Waals surface area (Å²) in [7, 11) is 1.49. The molecule has 0 unspecified atom stereocenters. The number of benzene rings is 2. The summed E-state index contributed by atoms with van der Waals surface area (Å²) in [6, 6.07) is 16.9. The van der Waals surface area contributed by atoms with E-state index in [0.29, 0.717) is 0 Å². The summed E-state index contributed by atoms with van der Waals surface area (Å²) in [5, 5.41) is 3.96. The molecule has 0 aromatic heterocycles. The molecule has 0 saturated heterocycles. The van der Waals surface area contributed by atoms with E-state index in [2.05, 4.69) is 26.5 Å². The Bertz CT molecular complexity index is 629. The van der Waals surface area contributed by atoms with Gasteiger partial charge < -0.3 is 4.74 Å². The second-order valence-electron chi connectivity index (χ2n) is 4.28. The molecule has 0 aliphatic carbocycles. The first kappa shape index (κ1) is 15.4. The quantitative estimate of drug-likeness (QED) is 0.667. The van der Waals surface area contributed by atoms with E-state index >= 15 is 0 Å². The summed E-state index contributed by atoms with van der Waals surface area (Å²) in [6.45, 7) is 0. The van der Waals surface area contributed by atoms with E-state index in [1.165, 1.54) is 7.11 Å². The standard InChI is InChI=1S/C16H15BrN2O2/c1-21-15(12-7-3-2-4-8-12)16(20)19-18-11-13-9-5-6-10-14(13)17/h2-11,15H,1H3,(H,19,20)/t15-/m0/s1. The Morgan fingerprint density at radius 2 is 1.86 bits per heavy atom. The predicted molar refractivity (Wildman–Crippen MR) is 86.1 cm³/mol. The summed E-state index contributed by atoms with van der Waals surface area (Å²) in [6.07, 6.45) is 0.905. The van der Waals surface area contributed by atoms with Gasteiger partial charge in [-0.3, -0.25) is 4.79 Å². The number of hydrogen-bond acceptors (Lipinski definition) is 3. The summed E-state index contributed by atoms with van der Waals surface area (Å²) in [5.41, 5.74) is 4.16. The number of ether oxygens (including phenoxy) is 1. The van der Waals surface area contributed by atoms with Crippen molar-refractivity contribution in [2.24, 2.45) is 5.10 Å². The Hall–Kier alpha value is -1.98. The van der Waals surface area contributed by atoms with E-state index in [-0.39, 0.29) is 5.91 Å². The number of rotatable bonds is 5. The maximum absolute atomic E-state index is 12.1. The molecule has 0 saturated carbocycles. The van der Waals surface area contributed by atoms with Gasteiger partial charge in [0, 0.05) is 17.1 Å². The molecular weight excluding hydrogens is 332 g/mol. The summed E-state index contributed by atoms with van der Waals surface area (Å²) >= 11 is 3.41. The molecule has 1 atom stereocenters. The molecule has 2 aromatic carbocycles. The summed E-state index contributed by atoms with van der Waals surface area (Å²) in [4.78, 5) is 12.1. The normalized spacial score (nSPS) is 12.3. The van der Waals surface area contributed by atoms with Crippen LogP contribution >= 0.6 is 15.9 Å². The molecule has 21 heavy (non-hydrogen) atoms. The number of amides is 1. The minimum Gasteiger partial charge on any atom is -0.367 e. The van der Waals surface area contributed by atoms with Crippen LogP contribution in [-0.4, -0.2) is 19.2 Å². The molecule has 0 spiro atoms. The van der Waals surface area contributed by atoms with Crippen molar-refractivity contribution < 1.29 is 9.53 Å². The fourth-order valence-electron chi connectivity index (χ4n) is 1.83. The molecule has 0 aliphatic heterocycles. The summed E-state index contributed by atoms with van der Waals surface area (Å²) < 4.78 is 6.14. The van der Waals surface area contributed by atoms with Crippen molar-refractivity contribution >= 4 is 28.1 Å². The number of methoxy groups -OCH3 is 1. The zero-order valence-electron chi connectivity index (χ0n) is 11.5. The van der Waals surface area contributed by atoms with Crippen LogP contribution in [-0.2, 0) is 9.53 Å². The average Bonchev–Trinajstić information content (AvgIpc) is 2.51. The molecule has 0 bridgehead atoms. The minimum atomic E-state index is -0.678. The highest BCUT2D eigenvalue weighted by Gasteiger charge is 2.18. The van der Waals surface area contributed by atoms with E-state index in [1.807, 2.05) is 54.6 Å². The third kappa shape index (κ3) is 4.24. The smallest absolute Gasteiger partial charge is 0.273 e. The molecule has 0 fully saturated rings. The van der Waals surface area contributed by atoms with Gasteiger partial charge in [0.05, 0.1) is 6.21 Å². The molecule has 0 radical (unpaired) electrons. The van der Waals surface area contributed by atoms with Gasteiger partial charge >= 0.3 is 0 Å². The second kappa shape index (κ2) is 7.71. The SMILES string of the molecule is CO[C@H](C(=O)NN=Cc1ccccc1Br)c1ccccc1. The fraction of sp³-hybridized carbons (Fsp3) is 0.125. The van der Waals surface area contributed by atoms with Crippen LogP contribution in [0.4, 0.5) is 0 Å². The Morgan fingerprint density at radius 1 is 1.19 bits per heavy atom. The minimum absolute atomic E-state index is 0.313. The van der Waals surface area contributed by atoms with E-state index in [9.17, 15) is 4.79 Å². The van der Waals surface area contributed by atoms with Crippen LogP contribution in [0.5, 0.6) is 0 Å². The van der Waals surface area contributed by atoms with Crippen molar-refractivity contribution in [1.82, 2.24) is 5.43 Å². The van der Waals surface area contributed by atoms with Gasteiger partial charge in [-0.1, -0.05) is 64.5 Å². The van der Waals surface area contributed by atoms with Gasteiger partial charge in [-0.15, -0.1) is 0 Å². The molecule has 2 rings (SSSR count). The first-order valence-electron chi connectivity index (χ1n) is 6.37. The highest BCUT2D eigenvalue weighted by Crippen LogP contribution is 2.16. The highest BCUT2D eigenvalue weighted by molar-refractivity contribution is 9.10. The number of carbonyl (C=O) groups excluding carboxylic acids is 1. The number of nitrogens with zero attached hydrogens (tertiary/aromatic N) is 1. The van der Waals surface area contributed by atoms with Crippen molar-refractivity contribution in [2.45, 2.75) is 6.10 Å². The molecule has 1 N–H and O–H groups in total. The van der Waals surface area contributed by atoms with Crippen molar-refractivity contribution in [2.75, 3.05) is 7.11 Å². The Morgan fingerprint density at radius 3 is 2.52 bits per heavy atom. The van der Waals surface area contributed by atoms with Gasteiger partial charge in [-0.25, -0.2) is 5.43 Å². The number of hydrogen-bond donors (Lipinski definition) is 1. The Kier molecular flexibility index (Phi) is 5.66. The van der Waals surface area contributed by atoms with Crippen LogP contribution in [0.25, 0.3) is 0 Å². The van der Waals surface area contributed by atoms with Crippen molar-refractivity contribution in [1.29, 1.82) is 0 Å². The Balaban J connectivity index is 2.02. The lowest BCUT2D eigenvalue weighted by Gasteiger charge is -2.13. The van der Waals surface area contributed by atoms with Crippen LogP contribution in [0.2, 0.25) is 0 Å². The first-order valence-corrected chi connectivity index (χ1v) is 7.17. The third-order valence-electron chi connectivity index (χ3n) is 2.86. The van der Waals surface area contributed by atoms with Crippen LogP contribution in [0.3, 0.4) is 0 Å². The zero-order valence-corrected chi connectivity index (χ0v) is 13.1. The monoisotopic (exact) mass is 346 g/mol. The van der Waals surface area contributed by atoms with Crippen LogP contribution in [0.1, 0.15) is 17.2 Å².